The summed E-state index contributed by atoms with van der Waals surface area (Å²) in [6.45, 7) is 0.259. The Labute approximate surface area is 106 Å². The smallest absolute Gasteiger partial charge is 0.253 e. The Kier molecular flexibility index (Phi) is 4.04. The zero-order valence-electron chi connectivity index (χ0n) is 10.2. The summed E-state index contributed by atoms with van der Waals surface area (Å²) in [5.74, 6) is -0.158. The number of hydrazone groups is 1. The molecule has 2 aromatic rings. The van der Waals surface area contributed by atoms with Crippen molar-refractivity contribution in [1.29, 1.82) is 0 Å². The molecule has 0 aliphatic heterocycles. The standard InChI is InChI=1S/C14H15N3O/c1-15-10-14(18)17-16-9-11-6-7-12-4-2-3-5-13(12)8-11/h2-9,15H,10H2,1H3,(H,17,18)/b16-9+. The number of fused-ring (bicyclic) bond motifs is 1. The topological polar surface area (TPSA) is 53.5 Å². The molecule has 0 aliphatic carbocycles. The van der Waals surface area contributed by atoms with Crippen molar-refractivity contribution in [2.24, 2.45) is 5.10 Å². The van der Waals surface area contributed by atoms with Crippen LogP contribution in [-0.2, 0) is 4.79 Å². The van der Waals surface area contributed by atoms with Crippen LogP contribution in [0.5, 0.6) is 0 Å². The summed E-state index contributed by atoms with van der Waals surface area (Å²) < 4.78 is 0. The van der Waals surface area contributed by atoms with Crippen LogP contribution >= 0.6 is 0 Å². The molecule has 2 rings (SSSR count). The minimum atomic E-state index is -0.158. The molecule has 0 saturated carbocycles. The highest BCUT2D eigenvalue weighted by molar-refractivity contribution is 5.90. The third-order valence-electron chi connectivity index (χ3n) is 2.51. The van der Waals surface area contributed by atoms with Gasteiger partial charge in [0.05, 0.1) is 12.8 Å². The molecule has 0 heterocycles. The fourth-order valence-electron chi connectivity index (χ4n) is 1.67. The second-order valence-electron chi connectivity index (χ2n) is 3.93. The lowest BCUT2D eigenvalue weighted by Gasteiger charge is -1.99. The third kappa shape index (κ3) is 3.15. The molecular weight excluding hydrogens is 226 g/mol. The van der Waals surface area contributed by atoms with Crippen molar-refractivity contribution in [1.82, 2.24) is 10.7 Å². The molecule has 0 radical (unpaired) electrons. The highest BCUT2D eigenvalue weighted by atomic mass is 16.2. The second kappa shape index (κ2) is 5.93. The molecule has 2 N–H and O–H groups in total. The number of carbonyl (C=O) groups is 1. The minimum absolute atomic E-state index is 0.158. The van der Waals surface area contributed by atoms with Crippen LogP contribution in [0.15, 0.2) is 47.6 Å². The largest absolute Gasteiger partial charge is 0.311 e. The quantitative estimate of drug-likeness (QED) is 0.629. The highest BCUT2D eigenvalue weighted by Gasteiger charge is 1.95. The molecule has 0 spiro atoms. The molecule has 4 nitrogen and oxygen atoms in total. The van der Waals surface area contributed by atoms with Gasteiger partial charge < -0.3 is 5.32 Å². The van der Waals surface area contributed by atoms with Gasteiger partial charge in [-0.2, -0.15) is 5.10 Å². The van der Waals surface area contributed by atoms with Gasteiger partial charge in [0.25, 0.3) is 5.91 Å². The maximum absolute atomic E-state index is 11.2. The Morgan fingerprint density at radius 1 is 1.22 bits per heavy atom. The van der Waals surface area contributed by atoms with E-state index in [-0.39, 0.29) is 12.5 Å². The SMILES string of the molecule is CNCC(=O)N/N=C/c1ccc2ccccc2c1. The summed E-state index contributed by atoms with van der Waals surface area (Å²) in [7, 11) is 1.71. The van der Waals surface area contributed by atoms with Gasteiger partial charge in [0, 0.05) is 0 Å². The molecule has 0 saturated heterocycles. The summed E-state index contributed by atoms with van der Waals surface area (Å²) in [4.78, 5) is 11.2. The lowest BCUT2D eigenvalue weighted by atomic mass is 10.1. The van der Waals surface area contributed by atoms with Crippen molar-refractivity contribution >= 4 is 22.9 Å². The van der Waals surface area contributed by atoms with Crippen molar-refractivity contribution in [3.8, 4) is 0 Å². The average molecular weight is 241 g/mol. The molecule has 2 aromatic carbocycles. The van der Waals surface area contributed by atoms with Crippen molar-refractivity contribution in [2.45, 2.75) is 0 Å². The van der Waals surface area contributed by atoms with Gasteiger partial charge in [0.1, 0.15) is 0 Å². The van der Waals surface area contributed by atoms with Gasteiger partial charge in [-0.05, 0) is 29.4 Å². The number of nitrogens with one attached hydrogen (secondary N) is 2. The van der Waals surface area contributed by atoms with E-state index in [1.165, 1.54) is 5.39 Å². The van der Waals surface area contributed by atoms with Crippen LogP contribution in [0.3, 0.4) is 0 Å². The van der Waals surface area contributed by atoms with Crippen LogP contribution in [0.25, 0.3) is 10.8 Å². The van der Waals surface area contributed by atoms with Gasteiger partial charge in [-0.1, -0.05) is 36.4 Å². The molecule has 0 fully saturated rings. The number of carbonyl (C=O) groups excluding carboxylic acids is 1. The van der Waals surface area contributed by atoms with E-state index < -0.39 is 0 Å². The van der Waals surface area contributed by atoms with Gasteiger partial charge in [-0.25, -0.2) is 5.43 Å². The Balaban J connectivity index is 2.07. The summed E-state index contributed by atoms with van der Waals surface area (Å²) in [6.07, 6.45) is 1.64. The maximum Gasteiger partial charge on any atom is 0.253 e. The Morgan fingerprint density at radius 2 is 2.00 bits per heavy atom. The first kappa shape index (κ1) is 12.3. The molecule has 0 bridgehead atoms. The van der Waals surface area contributed by atoms with Crippen LogP contribution in [0, 0.1) is 0 Å². The molecule has 18 heavy (non-hydrogen) atoms. The maximum atomic E-state index is 11.2. The van der Waals surface area contributed by atoms with E-state index in [0.29, 0.717) is 0 Å². The Bertz CT molecular complexity index is 578. The number of nitrogens with zero attached hydrogens (tertiary/aromatic N) is 1. The first-order valence-electron chi connectivity index (χ1n) is 5.75. The first-order valence-corrected chi connectivity index (χ1v) is 5.75. The average Bonchev–Trinajstić information content (AvgIpc) is 2.39. The highest BCUT2D eigenvalue weighted by Crippen LogP contribution is 2.14. The molecular formula is C14H15N3O. The van der Waals surface area contributed by atoms with Gasteiger partial charge in [0.2, 0.25) is 0 Å². The second-order valence-corrected chi connectivity index (χ2v) is 3.93. The monoisotopic (exact) mass is 241 g/mol. The molecule has 1 amide bonds. The van der Waals surface area contributed by atoms with E-state index in [4.69, 9.17) is 0 Å². The van der Waals surface area contributed by atoms with Gasteiger partial charge in [0.15, 0.2) is 0 Å². The fourth-order valence-corrected chi connectivity index (χ4v) is 1.67. The lowest BCUT2D eigenvalue weighted by molar-refractivity contribution is -0.120. The van der Waals surface area contributed by atoms with Crippen LogP contribution in [-0.4, -0.2) is 25.7 Å². The molecule has 0 aromatic heterocycles. The normalized spacial score (nSPS) is 10.9. The number of likely N-dealkylation sites (N-methyl/N-ethyl adjacent to an activating group) is 1. The van der Waals surface area contributed by atoms with Crippen molar-refractivity contribution in [3.05, 3.63) is 48.0 Å². The summed E-state index contributed by atoms with van der Waals surface area (Å²) >= 11 is 0. The number of hydrogen-bond donors (Lipinski definition) is 2. The molecule has 4 heteroatoms. The minimum Gasteiger partial charge on any atom is -0.311 e. The van der Waals surface area contributed by atoms with Crippen molar-refractivity contribution < 1.29 is 4.79 Å². The van der Waals surface area contributed by atoms with E-state index >= 15 is 0 Å². The van der Waals surface area contributed by atoms with Crippen LogP contribution in [0.2, 0.25) is 0 Å². The Morgan fingerprint density at radius 3 is 2.78 bits per heavy atom. The van der Waals surface area contributed by atoms with E-state index in [1.54, 1.807) is 13.3 Å². The first-order chi connectivity index (χ1) is 8.79. The third-order valence-corrected chi connectivity index (χ3v) is 2.51. The zero-order chi connectivity index (χ0) is 12.8. The van der Waals surface area contributed by atoms with Gasteiger partial charge in [-0.3, -0.25) is 4.79 Å². The van der Waals surface area contributed by atoms with E-state index in [2.05, 4.69) is 21.9 Å². The fraction of sp³-hybridized carbons (Fsp3) is 0.143. The van der Waals surface area contributed by atoms with Crippen LogP contribution in [0.4, 0.5) is 0 Å². The van der Waals surface area contributed by atoms with E-state index in [1.807, 2.05) is 36.4 Å². The summed E-state index contributed by atoms with van der Waals surface area (Å²) in [5, 5.41) is 9.00. The van der Waals surface area contributed by atoms with Gasteiger partial charge >= 0.3 is 0 Å². The number of rotatable bonds is 4. The lowest BCUT2D eigenvalue weighted by Crippen LogP contribution is -2.28. The van der Waals surface area contributed by atoms with E-state index in [0.717, 1.165) is 10.9 Å². The summed E-state index contributed by atoms with van der Waals surface area (Å²) in [6, 6.07) is 14.1. The molecule has 0 atom stereocenters. The Hall–Kier alpha value is -2.20. The number of benzene rings is 2. The molecule has 92 valence electrons. The number of hydrogen-bond acceptors (Lipinski definition) is 3. The van der Waals surface area contributed by atoms with Gasteiger partial charge in [-0.15, -0.1) is 0 Å². The van der Waals surface area contributed by atoms with Crippen molar-refractivity contribution in [3.63, 3.8) is 0 Å². The van der Waals surface area contributed by atoms with Crippen LogP contribution < -0.4 is 10.7 Å². The number of amides is 1. The predicted molar refractivity (Wildman–Crippen MR) is 73.6 cm³/mol. The van der Waals surface area contributed by atoms with E-state index in [9.17, 15) is 4.79 Å². The summed E-state index contributed by atoms with van der Waals surface area (Å²) in [5.41, 5.74) is 3.41. The molecule has 0 aliphatic rings. The molecule has 0 unspecified atom stereocenters. The zero-order valence-corrected chi connectivity index (χ0v) is 10.2. The van der Waals surface area contributed by atoms with Crippen molar-refractivity contribution in [2.75, 3.05) is 13.6 Å². The van der Waals surface area contributed by atoms with Crippen LogP contribution in [0.1, 0.15) is 5.56 Å². The predicted octanol–water partition coefficient (Wildman–Crippen LogP) is 1.51.